The minimum atomic E-state index is 0.521. The molecule has 0 saturated carbocycles. The van der Waals surface area contributed by atoms with E-state index < -0.39 is 0 Å². The summed E-state index contributed by atoms with van der Waals surface area (Å²) in [4.78, 5) is 0. The van der Waals surface area contributed by atoms with Crippen molar-refractivity contribution in [2.75, 3.05) is 20.3 Å². The van der Waals surface area contributed by atoms with E-state index in [2.05, 4.69) is 24.5 Å². The van der Waals surface area contributed by atoms with Crippen LogP contribution in [-0.4, -0.2) is 31.4 Å². The molecule has 0 aliphatic rings. The van der Waals surface area contributed by atoms with Gasteiger partial charge in [-0.3, -0.25) is 0 Å². The van der Waals surface area contributed by atoms with Crippen LogP contribution in [0.15, 0.2) is 0 Å². The van der Waals surface area contributed by atoms with Crippen LogP contribution in [0.1, 0.15) is 46.0 Å². The van der Waals surface area contributed by atoms with Gasteiger partial charge in [-0.2, -0.15) is 0 Å². The van der Waals surface area contributed by atoms with Crippen molar-refractivity contribution in [3.63, 3.8) is 0 Å². The molecule has 0 aliphatic heterocycles. The molecule has 3 nitrogen and oxygen atoms in total. The smallest absolute Gasteiger partial charge is 0.166 e. The monoisotopic (exact) mass is 246 g/mol. The lowest BCUT2D eigenvalue weighted by molar-refractivity contribution is 0.203. The third kappa shape index (κ3) is 8.92. The number of hydrogen-bond acceptors (Lipinski definition) is 2. The fraction of sp³-hybridized carbons (Fsp3) is 0.917. The summed E-state index contributed by atoms with van der Waals surface area (Å²) < 4.78 is 4.96. The van der Waals surface area contributed by atoms with Gasteiger partial charge < -0.3 is 15.4 Å². The molecule has 16 heavy (non-hydrogen) atoms. The largest absolute Gasteiger partial charge is 0.383 e. The van der Waals surface area contributed by atoms with Gasteiger partial charge in [-0.15, -0.1) is 0 Å². The molecule has 0 aliphatic carbocycles. The Morgan fingerprint density at radius 1 is 1.25 bits per heavy atom. The van der Waals surface area contributed by atoms with Crippen LogP contribution >= 0.6 is 12.2 Å². The predicted molar refractivity (Wildman–Crippen MR) is 73.8 cm³/mol. The van der Waals surface area contributed by atoms with E-state index in [-0.39, 0.29) is 0 Å². The Labute approximate surface area is 105 Å². The van der Waals surface area contributed by atoms with Crippen molar-refractivity contribution in [3.8, 4) is 0 Å². The van der Waals surface area contributed by atoms with Crippen molar-refractivity contribution >= 4 is 17.3 Å². The second-order valence-electron chi connectivity index (χ2n) is 4.02. The molecule has 0 spiro atoms. The highest BCUT2D eigenvalue weighted by Gasteiger charge is 2.07. The number of rotatable bonds is 9. The Bertz CT molecular complexity index is 176. The summed E-state index contributed by atoms with van der Waals surface area (Å²) in [6, 6.07) is 0.521. The highest BCUT2D eigenvalue weighted by atomic mass is 32.1. The molecular weight excluding hydrogens is 220 g/mol. The van der Waals surface area contributed by atoms with Crippen molar-refractivity contribution < 1.29 is 4.74 Å². The van der Waals surface area contributed by atoms with Gasteiger partial charge in [-0.1, -0.05) is 33.1 Å². The summed E-state index contributed by atoms with van der Waals surface area (Å²) in [5.41, 5.74) is 0. The molecule has 4 heteroatoms. The molecule has 1 unspecified atom stereocenters. The molecule has 0 amide bonds. The lowest BCUT2D eigenvalue weighted by atomic mass is 10.1. The van der Waals surface area contributed by atoms with E-state index in [9.17, 15) is 0 Å². The van der Waals surface area contributed by atoms with E-state index in [1.807, 2.05) is 0 Å². The van der Waals surface area contributed by atoms with Gasteiger partial charge in [0.15, 0.2) is 5.11 Å². The van der Waals surface area contributed by atoms with E-state index in [0.29, 0.717) is 12.6 Å². The molecule has 1 atom stereocenters. The average Bonchev–Trinajstić information content (AvgIpc) is 2.26. The van der Waals surface area contributed by atoms with Crippen molar-refractivity contribution in [2.45, 2.75) is 52.0 Å². The summed E-state index contributed by atoms with van der Waals surface area (Å²) in [7, 11) is 1.69. The molecule has 0 heterocycles. The molecule has 0 bridgehead atoms. The Morgan fingerprint density at radius 3 is 2.56 bits per heavy atom. The van der Waals surface area contributed by atoms with Gasteiger partial charge in [-0.05, 0) is 25.1 Å². The normalized spacial score (nSPS) is 12.2. The predicted octanol–water partition coefficient (Wildman–Crippen LogP) is 2.46. The molecule has 0 saturated heterocycles. The molecular formula is C12H26N2OS. The second kappa shape index (κ2) is 11.1. The molecule has 96 valence electrons. The van der Waals surface area contributed by atoms with Crippen LogP contribution in [0.3, 0.4) is 0 Å². The maximum absolute atomic E-state index is 5.23. The third-order valence-electron chi connectivity index (χ3n) is 2.47. The van der Waals surface area contributed by atoms with E-state index in [0.717, 1.165) is 11.7 Å². The van der Waals surface area contributed by atoms with Gasteiger partial charge in [0, 0.05) is 19.7 Å². The van der Waals surface area contributed by atoms with Gasteiger partial charge in [0.1, 0.15) is 0 Å². The molecule has 0 aromatic heterocycles. The second-order valence-corrected chi connectivity index (χ2v) is 4.43. The van der Waals surface area contributed by atoms with Gasteiger partial charge in [0.25, 0.3) is 0 Å². The SMILES string of the molecule is CCCCC(CCC)NC(=S)NCCOC. The first-order valence-electron chi connectivity index (χ1n) is 6.27. The molecule has 2 N–H and O–H groups in total. The first-order valence-corrected chi connectivity index (χ1v) is 6.68. The molecule has 0 radical (unpaired) electrons. The van der Waals surface area contributed by atoms with Gasteiger partial charge in [0.05, 0.1) is 6.61 Å². The Morgan fingerprint density at radius 2 is 2.00 bits per heavy atom. The number of thiocarbonyl (C=S) groups is 1. The minimum Gasteiger partial charge on any atom is -0.383 e. The average molecular weight is 246 g/mol. The third-order valence-corrected chi connectivity index (χ3v) is 2.73. The lowest BCUT2D eigenvalue weighted by Gasteiger charge is -2.20. The zero-order valence-electron chi connectivity index (χ0n) is 10.8. The van der Waals surface area contributed by atoms with Crippen molar-refractivity contribution in [3.05, 3.63) is 0 Å². The van der Waals surface area contributed by atoms with Crippen LogP contribution < -0.4 is 10.6 Å². The number of unbranched alkanes of at least 4 members (excludes halogenated alkanes) is 1. The van der Waals surface area contributed by atoms with Crippen LogP contribution in [0.5, 0.6) is 0 Å². The zero-order chi connectivity index (χ0) is 12.2. The highest BCUT2D eigenvalue weighted by molar-refractivity contribution is 7.80. The number of nitrogens with one attached hydrogen (secondary N) is 2. The van der Waals surface area contributed by atoms with Crippen molar-refractivity contribution in [1.82, 2.24) is 10.6 Å². The van der Waals surface area contributed by atoms with Crippen molar-refractivity contribution in [1.29, 1.82) is 0 Å². The Kier molecular flexibility index (Phi) is 10.9. The van der Waals surface area contributed by atoms with E-state index in [1.54, 1.807) is 7.11 Å². The number of hydrogen-bond donors (Lipinski definition) is 2. The fourth-order valence-corrected chi connectivity index (χ4v) is 1.86. The summed E-state index contributed by atoms with van der Waals surface area (Å²) in [6.45, 7) is 5.89. The Hall–Kier alpha value is -0.350. The van der Waals surface area contributed by atoms with Crippen LogP contribution in [0.25, 0.3) is 0 Å². The van der Waals surface area contributed by atoms with Crippen molar-refractivity contribution in [2.24, 2.45) is 0 Å². The Balaban J connectivity index is 3.73. The summed E-state index contributed by atoms with van der Waals surface area (Å²) >= 11 is 5.23. The quantitative estimate of drug-likeness (QED) is 0.484. The van der Waals surface area contributed by atoms with Gasteiger partial charge >= 0.3 is 0 Å². The van der Waals surface area contributed by atoms with Gasteiger partial charge in [0.2, 0.25) is 0 Å². The standard InChI is InChI=1S/C12H26N2OS/c1-4-6-8-11(7-5-2)14-12(16)13-9-10-15-3/h11H,4-10H2,1-3H3,(H2,13,14,16). The van der Waals surface area contributed by atoms with Crippen LogP contribution in [0, 0.1) is 0 Å². The number of ether oxygens (including phenoxy) is 1. The first kappa shape index (κ1) is 15.7. The van der Waals surface area contributed by atoms with Gasteiger partial charge in [-0.25, -0.2) is 0 Å². The van der Waals surface area contributed by atoms with Crippen LogP contribution in [0.2, 0.25) is 0 Å². The maximum Gasteiger partial charge on any atom is 0.166 e. The van der Waals surface area contributed by atoms with E-state index in [4.69, 9.17) is 17.0 Å². The van der Waals surface area contributed by atoms with Crippen LogP contribution in [0.4, 0.5) is 0 Å². The molecule has 0 rings (SSSR count). The molecule has 0 fully saturated rings. The van der Waals surface area contributed by atoms with E-state index >= 15 is 0 Å². The van der Waals surface area contributed by atoms with Crippen LogP contribution in [-0.2, 0) is 4.74 Å². The minimum absolute atomic E-state index is 0.521. The molecule has 0 aromatic rings. The zero-order valence-corrected chi connectivity index (χ0v) is 11.7. The molecule has 0 aromatic carbocycles. The topological polar surface area (TPSA) is 33.3 Å². The lowest BCUT2D eigenvalue weighted by Crippen LogP contribution is -2.42. The van der Waals surface area contributed by atoms with E-state index in [1.165, 1.54) is 32.1 Å². The summed E-state index contributed by atoms with van der Waals surface area (Å²) in [5, 5.41) is 7.28. The fourth-order valence-electron chi connectivity index (χ4n) is 1.59. The maximum atomic E-state index is 5.23. The summed E-state index contributed by atoms with van der Waals surface area (Å²) in [6.07, 6.45) is 6.09. The summed E-state index contributed by atoms with van der Waals surface area (Å²) in [5.74, 6) is 0. The highest BCUT2D eigenvalue weighted by Crippen LogP contribution is 2.06. The first-order chi connectivity index (χ1) is 7.74. The number of methoxy groups -OCH3 is 1.